The Morgan fingerprint density at radius 2 is 0.917 bits per heavy atom. The average Bonchev–Trinajstić information content (AvgIpc) is 2.16. The van der Waals surface area contributed by atoms with Crippen molar-refractivity contribution in [3.63, 3.8) is 0 Å². The second-order valence-electron chi connectivity index (χ2n) is 1.98. The Kier molecular flexibility index (Phi) is 3.98. The van der Waals surface area contributed by atoms with Crippen molar-refractivity contribution in [1.82, 2.24) is 15.0 Å². The molecule has 0 amide bonds. The van der Waals surface area contributed by atoms with Crippen LogP contribution in [-0.4, -0.2) is 15.0 Å². The average molecular weight is 226 g/mol. The minimum absolute atomic E-state index is 0.246. The van der Waals surface area contributed by atoms with Crippen molar-refractivity contribution in [2.75, 3.05) is 0 Å². The molecule has 1 aromatic heterocycles. The van der Waals surface area contributed by atoms with Gasteiger partial charge in [-0.3, -0.25) is 0 Å². The van der Waals surface area contributed by atoms with E-state index in [1.165, 1.54) is 0 Å². The SMILES string of the molecule is ClCc1nc(CCl)nc(CCl)n1. The maximum absolute atomic E-state index is 5.55. The zero-order chi connectivity index (χ0) is 8.97. The van der Waals surface area contributed by atoms with E-state index in [1.807, 2.05) is 0 Å². The van der Waals surface area contributed by atoms with Crippen molar-refractivity contribution < 1.29 is 0 Å². The van der Waals surface area contributed by atoms with Gasteiger partial charge in [-0.05, 0) is 0 Å². The van der Waals surface area contributed by atoms with Crippen LogP contribution in [0.2, 0.25) is 0 Å². The van der Waals surface area contributed by atoms with Crippen LogP contribution < -0.4 is 0 Å². The molecule has 3 nitrogen and oxygen atoms in total. The summed E-state index contributed by atoms with van der Waals surface area (Å²) in [5, 5.41) is 0. The van der Waals surface area contributed by atoms with Gasteiger partial charge in [0.05, 0.1) is 17.6 Å². The molecule has 0 radical (unpaired) electrons. The molecule has 0 fully saturated rings. The maximum atomic E-state index is 5.55. The molecule has 0 aliphatic rings. The van der Waals surface area contributed by atoms with E-state index in [0.29, 0.717) is 17.5 Å². The number of hydrogen-bond acceptors (Lipinski definition) is 3. The molecular formula is C6H6Cl3N3. The van der Waals surface area contributed by atoms with E-state index in [-0.39, 0.29) is 17.6 Å². The van der Waals surface area contributed by atoms with Crippen LogP contribution in [0, 0.1) is 0 Å². The van der Waals surface area contributed by atoms with Crippen molar-refractivity contribution in [3.05, 3.63) is 17.5 Å². The van der Waals surface area contributed by atoms with Crippen LogP contribution in [0.1, 0.15) is 17.5 Å². The topological polar surface area (TPSA) is 38.7 Å². The monoisotopic (exact) mass is 225 g/mol. The lowest BCUT2D eigenvalue weighted by molar-refractivity contribution is 0.849. The number of alkyl halides is 3. The van der Waals surface area contributed by atoms with E-state index in [9.17, 15) is 0 Å². The fraction of sp³-hybridized carbons (Fsp3) is 0.500. The fourth-order valence-electron chi connectivity index (χ4n) is 0.701. The van der Waals surface area contributed by atoms with Gasteiger partial charge >= 0.3 is 0 Å². The first kappa shape index (κ1) is 9.96. The summed E-state index contributed by atoms with van der Waals surface area (Å²) in [4.78, 5) is 11.9. The predicted octanol–water partition coefficient (Wildman–Crippen LogP) is 2.09. The molecule has 0 spiro atoms. The predicted molar refractivity (Wildman–Crippen MR) is 48.5 cm³/mol. The van der Waals surface area contributed by atoms with Gasteiger partial charge in [-0.25, -0.2) is 15.0 Å². The lowest BCUT2D eigenvalue weighted by Gasteiger charge is -2.00. The van der Waals surface area contributed by atoms with Gasteiger partial charge < -0.3 is 0 Å². The van der Waals surface area contributed by atoms with Gasteiger partial charge in [0.2, 0.25) is 0 Å². The van der Waals surface area contributed by atoms with E-state index in [4.69, 9.17) is 34.8 Å². The molecule has 0 N–H and O–H groups in total. The molecule has 0 aliphatic heterocycles. The maximum Gasteiger partial charge on any atom is 0.147 e. The number of aromatic nitrogens is 3. The second kappa shape index (κ2) is 4.80. The number of nitrogens with zero attached hydrogens (tertiary/aromatic N) is 3. The van der Waals surface area contributed by atoms with E-state index in [2.05, 4.69) is 15.0 Å². The molecule has 0 aliphatic carbocycles. The molecule has 1 rings (SSSR count). The standard InChI is InChI=1S/C6H6Cl3N3/c7-1-4-10-5(2-8)12-6(3-9)11-4/h1-3H2. The lowest BCUT2D eigenvalue weighted by atomic mass is 10.5. The van der Waals surface area contributed by atoms with Crippen LogP contribution in [0.4, 0.5) is 0 Å². The zero-order valence-electron chi connectivity index (χ0n) is 6.10. The molecule has 66 valence electrons. The van der Waals surface area contributed by atoms with E-state index < -0.39 is 0 Å². The van der Waals surface area contributed by atoms with Gasteiger partial charge in [-0.2, -0.15) is 0 Å². The van der Waals surface area contributed by atoms with Crippen LogP contribution in [-0.2, 0) is 17.6 Å². The van der Waals surface area contributed by atoms with Crippen LogP contribution >= 0.6 is 34.8 Å². The first-order valence-corrected chi connectivity index (χ1v) is 4.81. The summed E-state index contributed by atoms with van der Waals surface area (Å²) >= 11 is 16.6. The van der Waals surface area contributed by atoms with Gasteiger partial charge in [-0.15, -0.1) is 34.8 Å². The zero-order valence-corrected chi connectivity index (χ0v) is 8.36. The third-order valence-corrected chi connectivity index (χ3v) is 1.85. The molecule has 6 heteroatoms. The van der Waals surface area contributed by atoms with E-state index in [1.54, 1.807) is 0 Å². The highest BCUT2D eigenvalue weighted by molar-refractivity contribution is 6.17. The Bertz CT molecular complexity index is 211. The van der Waals surface area contributed by atoms with Gasteiger partial charge in [-0.1, -0.05) is 0 Å². The minimum Gasteiger partial charge on any atom is -0.215 e. The van der Waals surface area contributed by atoms with Crippen LogP contribution in [0.15, 0.2) is 0 Å². The normalized spacial score (nSPS) is 10.2. The molecule has 0 aromatic carbocycles. The molecule has 0 atom stereocenters. The third kappa shape index (κ3) is 2.44. The summed E-state index contributed by atoms with van der Waals surface area (Å²) in [5.41, 5.74) is 0. The smallest absolute Gasteiger partial charge is 0.147 e. The quantitative estimate of drug-likeness (QED) is 0.741. The Morgan fingerprint density at radius 1 is 0.667 bits per heavy atom. The molecule has 0 unspecified atom stereocenters. The van der Waals surface area contributed by atoms with Crippen molar-refractivity contribution in [1.29, 1.82) is 0 Å². The Labute approximate surface area is 85.1 Å². The summed E-state index contributed by atoms with van der Waals surface area (Å²) in [5.74, 6) is 2.28. The molecule has 0 bridgehead atoms. The van der Waals surface area contributed by atoms with Crippen molar-refractivity contribution in [2.45, 2.75) is 17.6 Å². The molecule has 0 saturated carbocycles. The highest BCUT2D eigenvalue weighted by Gasteiger charge is 2.03. The lowest BCUT2D eigenvalue weighted by Crippen LogP contribution is -2.04. The number of hydrogen-bond donors (Lipinski definition) is 0. The minimum atomic E-state index is 0.246. The first-order chi connectivity index (χ1) is 5.80. The van der Waals surface area contributed by atoms with Crippen LogP contribution in [0.3, 0.4) is 0 Å². The summed E-state index contributed by atoms with van der Waals surface area (Å²) in [6.45, 7) is 0. The highest BCUT2D eigenvalue weighted by Crippen LogP contribution is 2.03. The summed E-state index contributed by atoms with van der Waals surface area (Å²) in [6.07, 6.45) is 0. The Balaban J connectivity index is 3.01. The van der Waals surface area contributed by atoms with Gasteiger partial charge in [0.1, 0.15) is 17.5 Å². The second-order valence-corrected chi connectivity index (χ2v) is 2.79. The van der Waals surface area contributed by atoms with Crippen molar-refractivity contribution >= 4 is 34.8 Å². The Morgan fingerprint density at radius 3 is 1.08 bits per heavy atom. The van der Waals surface area contributed by atoms with Gasteiger partial charge in [0, 0.05) is 0 Å². The van der Waals surface area contributed by atoms with Crippen molar-refractivity contribution in [3.8, 4) is 0 Å². The fourth-order valence-corrected chi connectivity index (χ4v) is 1.06. The molecule has 12 heavy (non-hydrogen) atoms. The Hall–Kier alpha value is -0.120. The summed E-state index contributed by atoms with van der Waals surface area (Å²) in [6, 6.07) is 0. The first-order valence-electron chi connectivity index (χ1n) is 3.20. The van der Waals surface area contributed by atoms with E-state index in [0.717, 1.165) is 0 Å². The number of rotatable bonds is 3. The highest BCUT2D eigenvalue weighted by atomic mass is 35.5. The van der Waals surface area contributed by atoms with Crippen molar-refractivity contribution in [2.24, 2.45) is 0 Å². The largest absolute Gasteiger partial charge is 0.215 e. The molecule has 1 aromatic rings. The molecule has 0 saturated heterocycles. The molecular weight excluding hydrogens is 220 g/mol. The van der Waals surface area contributed by atoms with Crippen LogP contribution in [0.5, 0.6) is 0 Å². The number of halogens is 3. The van der Waals surface area contributed by atoms with Gasteiger partial charge in [0.25, 0.3) is 0 Å². The van der Waals surface area contributed by atoms with E-state index >= 15 is 0 Å². The van der Waals surface area contributed by atoms with Crippen LogP contribution in [0.25, 0.3) is 0 Å². The summed E-state index contributed by atoms with van der Waals surface area (Å²) < 4.78 is 0. The van der Waals surface area contributed by atoms with Gasteiger partial charge in [0.15, 0.2) is 0 Å². The summed E-state index contributed by atoms with van der Waals surface area (Å²) in [7, 11) is 0. The third-order valence-electron chi connectivity index (χ3n) is 1.13. The molecule has 1 heterocycles.